The maximum absolute atomic E-state index is 12.5. The van der Waals surface area contributed by atoms with Crippen molar-refractivity contribution in [3.05, 3.63) is 77.2 Å². The van der Waals surface area contributed by atoms with E-state index in [9.17, 15) is 4.39 Å². The minimum atomic E-state index is -0.250. The van der Waals surface area contributed by atoms with E-state index in [1.807, 2.05) is 37.4 Å². The van der Waals surface area contributed by atoms with Gasteiger partial charge >= 0.3 is 0 Å². The molecule has 1 aliphatic rings. The minimum Gasteiger partial charge on any atom is -0.483 e. The number of nitrogens with zero attached hydrogens (tertiary/aromatic N) is 1. The van der Waals surface area contributed by atoms with Gasteiger partial charge in [-0.1, -0.05) is 41.2 Å². The lowest BCUT2D eigenvalue weighted by Gasteiger charge is -2.01. The maximum Gasteiger partial charge on any atom is 0.290 e. The first-order chi connectivity index (χ1) is 15.5. The summed E-state index contributed by atoms with van der Waals surface area (Å²) in [5.74, 6) is 0.683. The van der Waals surface area contributed by atoms with Crippen molar-refractivity contribution in [2.24, 2.45) is 0 Å². The lowest BCUT2D eigenvalue weighted by atomic mass is 10.2. The Morgan fingerprint density at radius 1 is 1.31 bits per heavy atom. The van der Waals surface area contributed by atoms with Crippen molar-refractivity contribution in [2.75, 3.05) is 20.1 Å². The van der Waals surface area contributed by atoms with E-state index >= 15 is 0 Å². The van der Waals surface area contributed by atoms with Crippen molar-refractivity contribution in [1.82, 2.24) is 15.6 Å². The van der Waals surface area contributed by atoms with Crippen LogP contribution in [0.5, 0.6) is 10.8 Å². The highest BCUT2D eigenvalue weighted by molar-refractivity contribution is 7.11. The standard InChI is InChI=1S/C10H9NOS.C8H10FN.C4H9NO.CH2O2/c1-8-2-4-9(5-3-8)12-10-6-11-7-13-10;1-10-6-7-3-2-4-8(9)5-7;6-4-1-2-5-3-4;2-1-3/h2-7H,1H3;2-5,10H,6H2,1H3;4-6H,1-3H2;1H,(H,2,3). The van der Waals surface area contributed by atoms with E-state index in [0.717, 1.165) is 42.4 Å². The molecule has 7 nitrogen and oxygen atoms in total. The minimum absolute atomic E-state index is 0.0648. The Kier molecular flexibility index (Phi) is 14.3. The molecule has 0 aliphatic carbocycles. The van der Waals surface area contributed by atoms with Crippen molar-refractivity contribution in [3.8, 4) is 10.8 Å². The van der Waals surface area contributed by atoms with Gasteiger partial charge in [0.05, 0.1) is 17.8 Å². The molecule has 32 heavy (non-hydrogen) atoms. The zero-order chi connectivity index (χ0) is 23.6. The van der Waals surface area contributed by atoms with Gasteiger partial charge in [0.1, 0.15) is 11.6 Å². The number of hydrogen-bond donors (Lipinski definition) is 4. The van der Waals surface area contributed by atoms with Gasteiger partial charge in [0.2, 0.25) is 5.06 Å². The van der Waals surface area contributed by atoms with Crippen LogP contribution in [0.2, 0.25) is 0 Å². The highest BCUT2D eigenvalue weighted by Gasteiger charge is 2.08. The van der Waals surface area contributed by atoms with Crippen LogP contribution in [-0.2, 0) is 11.3 Å². The van der Waals surface area contributed by atoms with Crippen LogP contribution in [0.15, 0.2) is 60.2 Å². The number of ether oxygens (including phenoxy) is 1. The second kappa shape index (κ2) is 16.8. The maximum atomic E-state index is 12.5. The van der Waals surface area contributed by atoms with Gasteiger partial charge < -0.3 is 25.6 Å². The number of rotatable bonds is 4. The van der Waals surface area contributed by atoms with E-state index in [1.54, 1.807) is 17.8 Å². The van der Waals surface area contributed by atoms with Crippen molar-refractivity contribution in [3.63, 3.8) is 0 Å². The smallest absolute Gasteiger partial charge is 0.290 e. The van der Waals surface area contributed by atoms with Crippen molar-refractivity contribution >= 4 is 17.8 Å². The van der Waals surface area contributed by atoms with Crippen LogP contribution >= 0.6 is 11.3 Å². The Morgan fingerprint density at radius 3 is 2.50 bits per heavy atom. The predicted molar refractivity (Wildman–Crippen MR) is 125 cm³/mol. The Hall–Kier alpha value is -2.85. The fourth-order valence-corrected chi connectivity index (χ4v) is 2.96. The summed E-state index contributed by atoms with van der Waals surface area (Å²) in [5.41, 5.74) is 3.96. The molecule has 0 spiro atoms. The van der Waals surface area contributed by atoms with E-state index in [1.165, 1.54) is 29.0 Å². The number of carbonyl (C=O) groups is 1. The monoisotopic (exact) mass is 463 g/mol. The van der Waals surface area contributed by atoms with Gasteiger partial charge in [-0.25, -0.2) is 9.37 Å². The second-order valence-corrected chi connectivity index (χ2v) is 7.50. The van der Waals surface area contributed by atoms with Gasteiger partial charge in [0.25, 0.3) is 6.47 Å². The molecule has 3 aromatic rings. The molecule has 1 fully saturated rings. The summed E-state index contributed by atoms with van der Waals surface area (Å²) in [5, 5.41) is 22.3. The number of thiazole rings is 1. The summed E-state index contributed by atoms with van der Waals surface area (Å²) < 4.78 is 18.0. The molecule has 2 heterocycles. The first kappa shape index (κ1) is 27.2. The number of aromatic nitrogens is 1. The number of benzene rings is 2. The zero-order valence-corrected chi connectivity index (χ0v) is 19.0. The van der Waals surface area contributed by atoms with Crippen molar-refractivity contribution in [2.45, 2.75) is 26.0 Å². The van der Waals surface area contributed by atoms with Crippen LogP contribution in [0, 0.1) is 12.7 Å². The van der Waals surface area contributed by atoms with Crippen LogP contribution in [0.25, 0.3) is 0 Å². The third-order valence-corrected chi connectivity index (χ3v) is 4.60. The first-order valence-electron chi connectivity index (χ1n) is 9.97. The topological polar surface area (TPSA) is 104 Å². The Bertz CT molecular complexity index is 858. The normalized spacial score (nSPS) is 13.9. The highest BCUT2D eigenvalue weighted by atomic mass is 32.1. The van der Waals surface area contributed by atoms with Crippen LogP contribution < -0.4 is 15.4 Å². The first-order valence-corrected chi connectivity index (χ1v) is 10.8. The predicted octanol–water partition coefficient (Wildman–Crippen LogP) is 3.83. The molecule has 1 saturated heterocycles. The number of nitrogens with one attached hydrogen (secondary N) is 2. The molecule has 4 rings (SSSR count). The number of halogens is 1. The molecule has 4 N–H and O–H groups in total. The largest absolute Gasteiger partial charge is 0.483 e. The Balaban J connectivity index is 0.000000239. The van der Waals surface area contributed by atoms with Crippen LogP contribution in [0.3, 0.4) is 0 Å². The molecule has 9 heteroatoms. The summed E-state index contributed by atoms with van der Waals surface area (Å²) in [4.78, 5) is 12.3. The van der Waals surface area contributed by atoms with E-state index in [4.69, 9.17) is 19.7 Å². The molecular formula is C23H30FN3O4S. The number of hydrogen-bond acceptors (Lipinski definition) is 7. The molecule has 2 aromatic carbocycles. The average molecular weight is 464 g/mol. The van der Waals surface area contributed by atoms with E-state index in [2.05, 4.69) is 22.5 Å². The quantitative estimate of drug-likeness (QED) is 0.436. The lowest BCUT2D eigenvalue weighted by molar-refractivity contribution is -0.122. The molecular weight excluding hydrogens is 433 g/mol. The zero-order valence-electron chi connectivity index (χ0n) is 18.2. The summed E-state index contributed by atoms with van der Waals surface area (Å²) >= 11 is 1.49. The number of aryl methyl sites for hydroxylation is 1. The van der Waals surface area contributed by atoms with E-state index in [-0.39, 0.29) is 18.4 Å². The average Bonchev–Trinajstić information content (AvgIpc) is 3.46. The molecule has 0 radical (unpaired) electrons. The van der Waals surface area contributed by atoms with Gasteiger partial charge in [0, 0.05) is 13.1 Å². The number of β-amino-alcohol motifs (C(OH)–C–C–N with tert-alkyl or cyclic N) is 1. The third kappa shape index (κ3) is 12.8. The molecule has 0 amide bonds. The fraction of sp³-hybridized carbons (Fsp3) is 0.304. The van der Waals surface area contributed by atoms with E-state index in [0.29, 0.717) is 0 Å². The van der Waals surface area contributed by atoms with Crippen LogP contribution in [-0.4, -0.2) is 47.9 Å². The summed E-state index contributed by atoms with van der Waals surface area (Å²) in [6, 6.07) is 14.5. The Morgan fingerprint density at radius 2 is 2.03 bits per heavy atom. The summed E-state index contributed by atoms with van der Waals surface area (Å²) in [7, 11) is 1.84. The van der Waals surface area contributed by atoms with Crippen LogP contribution in [0.1, 0.15) is 17.5 Å². The summed E-state index contributed by atoms with van der Waals surface area (Å²) in [6.45, 7) is 4.30. The molecule has 174 valence electrons. The fourth-order valence-electron chi connectivity index (χ4n) is 2.47. The highest BCUT2D eigenvalue weighted by Crippen LogP contribution is 2.24. The molecule has 1 aliphatic heterocycles. The lowest BCUT2D eigenvalue weighted by Crippen LogP contribution is -2.11. The number of carboxylic acid groups (broad SMARTS) is 1. The molecule has 1 aromatic heterocycles. The van der Waals surface area contributed by atoms with Gasteiger partial charge in [-0.15, -0.1) is 0 Å². The summed E-state index contributed by atoms with van der Waals surface area (Å²) in [6.07, 6.45) is 2.58. The number of aliphatic hydroxyl groups is 1. The number of aliphatic hydroxyl groups excluding tert-OH is 1. The van der Waals surface area contributed by atoms with Gasteiger partial charge in [-0.2, -0.15) is 0 Å². The van der Waals surface area contributed by atoms with Crippen LogP contribution in [0.4, 0.5) is 4.39 Å². The van der Waals surface area contributed by atoms with Crippen molar-refractivity contribution in [1.29, 1.82) is 0 Å². The second-order valence-electron chi connectivity index (χ2n) is 6.65. The molecule has 1 atom stereocenters. The SMILES string of the molecule is CNCc1cccc(F)c1.Cc1ccc(Oc2cncs2)cc1.O=CO.OC1CCNC1. The molecule has 1 unspecified atom stereocenters. The Labute approximate surface area is 191 Å². The molecule has 0 bridgehead atoms. The van der Waals surface area contributed by atoms with Gasteiger partial charge in [0.15, 0.2) is 0 Å². The van der Waals surface area contributed by atoms with Gasteiger partial charge in [-0.3, -0.25) is 4.79 Å². The van der Waals surface area contributed by atoms with E-state index < -0.39 is 0 Å². The molecule has 0 saturated carbocycles. The van der Waals surface area contributed by atoms with Gasteiger partial charge in [-0.05, 0) is 56.8 Å². The third-order valence-electron chi connectivity index (χ3n) is 3.95. The van der Waals surface area contributed by atoms with Crippen molar-refractivity contribution < 1.29 is 24.1 Å².